The number of aliphatic hydroxyl groups is 1. The summed E-state index contributed by atoms with van der Waals surface area (Å²) in [6.07, 6.45) is 1.25. The van der Waals surface area contributed by atoms with E-state index >= 15 is 0 Å². The fraction of sp³-hybridized carbons (Fsp3) is 1.00. The number of rotatable bonds is 4. The zero-order valence-electron chi connectivity index (χ0n) is 7.76. The Labute approximate surface area is 78.0 Å². The van der Waals surface area contributed by atoms with Crippen LogP contribution in [0.2, 0.25) is 6.82 Å². The van der Waals surface area contributed by atoms with Crippen molar-refractivity contribution in [1.82, 2.24) is 0 Å². The molecule has 6 heteroatoms. The Morgan fingerprint density at radius 1 is 1.77 bits per heavy atom. The highest BCUT2D eigenvalue weighted by molar-refractivity contribution is 6.35. The molecule has 1 N–H and O–H groups in total. The van der Waals surface area contributed by atoms with Crippen LogP contribution in [0.15, 0.2) is 5.11 Å². The first-order valence-electron chi connectivity index (χ1n) is 4.62. The van der Waals surface area contributed by atoms with Crippen LogP contribution in [0.4, 0.5) is 0 Å². The third-order valence-electron chi connectivity index (χ3n) is 2.37. The molecule has 0 aromatic carbocycles. The average Bonchev–Trinajstić information content (AvgIpc) is 2.50. The highest BCUT2D eigenvalue weighted by atomic mass is 16.5. The van der Waals surface area contributed by atoms with E-state index < -0.39 is 0 Å². The molecule has 1 aliphatic heterocycles. The summed E-state index contributed by atoms with van der Waals surface area (Å²) in [5, 5.41) is 12.4. The van der Waals surface area contributed by atoms with Crippen LogP contribution in [0.3, 0.4) is 0 Å². The van der Waals surface area contributed by atoms with Gasteiger partial charge < -0.3 is 9.84 Å². The predicted molar refractivity (Wildman–Crippen MR) is 50.9 cm³/mol. The lowest BCUT2D eigenvalue weighted by molar-refractivity contribution is 0.0614. The molecule has 0 radical (unpaired) electrons. The van der Waals surface area contributed by atoms with Gasteiger partial charge in [-0.1, -0.05) is 11.9 Å². The summed E-state index contributed by atoms with van der Waals surface area (Å²) in [6.45, 7) is 2.12. The molecular weight excluding hydrogens is 169 g/mol. The second-order valence-corrected chi connectivity index (χ2v) is 3.23. The van der Waals surface area contributed by atoms with Gasteiger partial charge in [0, 0.05) is 17.5 Å². The van der Waals surface area contributed by atoms with Crippen molar-refractivity contribution < 1.29 is 9.84 Å². The van der Waals surface area contributed by atoms with Crippen molar-refractivity contribution in [3.63, 3.8) is 0 Å². The molecule has 0 aliphatic carbocycles. The summed E-state index contributed by atoms with van der Waals surface area (Å²) in [7, 11) is 0.930. The van der Waals surface area contributed by atoms with Gasteiger partial charge in [0.1, 0.15) is 0 Å². The Balaban J connectivity index is 2.53. The quantitative estimate of drug-likeness (QED) is 0.300. The van der Waals surface area contributed by atoms with E-state index in [4.69, 9.17) is 15.4 Å². The number of azide groups is 1. The lowest BCUT2D eigenvalue weighted by atomic mass is 9.73. The SMILES string of the molecule is CB[C@H]1CC(N=[N+]=[N-])[C@@H](CCO)O1. The maximum absolute atomic E-state index is 8.76. The smallest absolute Gasteiger partial charge is 0.154 e. The van der Waals surface area contributed by atoms with Crippen molar-refractivity contribution in [1.29, 1.82) is 0 Å². The van der Waals surface area contributed by atoms with Crippen molar-refractivity contribution in [3.8, 4) is 0 Å². The molecule has 1 unspecified atom stereocenters. The Bertz CT molecular complexity index is 208. The molecule has 1 saturated heterocycles. The van der Waals surface area contributed by atoms with Crippen LogP contribution in [0.1, 0.15) is 12.8 Å². The number of aliphatic hydroxyl groups excluding tert-OH is 1. The summed E-state index contributed by atoms with van der Waals surface area (Å²) >= 11 is 0. The molecule has 72 valence electrons. The summed E-state index contributed by atoms with van der Waals surface area (Å²) in [5.41, 5.74) is 8.31. The summed E-state index contributed by atoms with van der Waals surface area (Å²) < 4.78 is 5.59. The number of hydrogen-bond acceptors (Lipinski definition) is 3. The zero-order chi connectivity index (χ0) is 9.68. The fourth-order valence-electron chi connectivity index (χ4n) is 1.65. The molecule has 0 spiro atoms. The third kappa shape index (κ3) is 2.62. The summed E-state index contributed by atoms with van der Waals surface area (Å²) in [4.78, 5) is 2.78. The Morgan fingerprint density at radius 2 is 2.54 bits per heavy atom. The van der Waals surface area contributed by atoms with E-state index in [1.165, 1.54) is 0 Å². The van der Waals surface area contributed by atoms with Crippen LogP contribution in [0.5, 0.6) is 0 Å². The lowest BCUT2D eigenvalue weighted by Crippen LogP contribution is -2.20. The first-order valence-corrected chi connectivity index (χ1v) is 4.62. The molecule has 1 rings (SSSR count). The normalized spacial score (nSPS) is 32.6. The van der Waals surface area contributed by atoms with Crippen molar-refractivity contribution >= 4 is 7.28 Å². The lowest BCUT2D eigenvalue weighted by Gasteiger charge is -2.12. The minimum Gasteiger partial charge on any atom is -0.396 e. The Morgan fingerprint density at radius 3 is 3.08 bits per heavy atom. The van der Waals surface area contributed by atoms with E-state index in [9.17, 15) is 0 Å². The highest BCUT2D eigenvalue weighted by Gasteiger charge is 2.32. The minimum absolute atomic E-state index is 0.0819. The van der Waals surface area contributed by atoms with E-state index in [-0.39, 0.29) is 24.8 Å². The number of hydrogen-bond donors (Lipinski definition) is 1. The van der Waals surface area contributed by atoms with E-state index in [1.807, 2.05) is 6.82 Å². The van der Waals surface area contributed by atoms with Crippen molar-refractivity contribution in [2.24, 2.45) is 5.11 Å². The summed E-state index contributed by atoms with van der Waals surface area (Å²) in [6, 6.07) is 0.0918. The average molecular weight is 183 g/mol. The van der Waals surface area contributed by atoms with Gasteiger partial charge in [0.05, 0.1) is 12.1 Å². The first kappa shape index (κ1) is 10.4. The van der Waals surface area contributed by atoms with Crippen LogP contribution in [-0.4, -0.2) is 37.1 Å². The van der Waals surface area contributed by atoms with Crippen molar-refractivity contribution in [2.45, 2.75) is 37.8 Å². The number of nitrogens with zero attached hydrogens (tertiary/aromatic N) is 3. The standard InChI is InChI=1S/C7H14BN3O2/c1-8-7-4-5(10-11-9)6(13-7)2-3-12/h5-8,12H,2-4H2,1H3/t5?,6-,7-/m1/s1. The van der Waals surface area contributed by atoms with Gasteiger partial charge in [-0.15, -0.1) is 0 Å². The molecule has 0 bridgehead atoms. The first-order chi connectivity index (χ1) is 6.31. The largest absolute Gasteiger partial charge is 0.396 e. The topological polar surface area (TPSA) is 78.2 Å². The molecule has 1 aliphatic rings. The maximum atomic E-state index is 8.76. The maximum Gasteiger partial charge on any atom is 0.154 e. The van der Waals surface area contributed by atoms with Crippen molar-refractivity contribution in [3.05, 3.63) is 10.4 Å². The van der Waals surface area contributed by atoms with Crippen LogP contribution < -0.4 is 0 Å². The molecule has 13 heavy (non-hydrogen) atoms. The highest BCUT2D eigenvalue weighted by Crippen LogP contribution is 2.24. The van der Waals surface area contributed by atoms with Gasteiger partial charge in [0.25, 0.3) is 0 Å². The van der Waals surface area contributed by atoms with Crippen molar-refractivity contribution in [2.75, 3.05) is 6.61 Å². The molecule has 3 atom stereocenters. The molecule has 5 nitrogen and oxygen atoms in total. The van der Waals surface area contributed by atoms with Crippen LogP contribution in [0.25, 0.3) is 10.4 Å². The molecule has 0 amide bonds. The molecule has 1 fully saturated rings. The van der Waals surface area contributed by atoms with Gasteiger partial charge in [-0.2, -0.15) is 0 Å². The number of ether oxygens (including phenoxy) is 1. The predicted octanol–water partition coefficient (Wildman–Crippen LogP) is 0.647. The van der Waals surface area contributed by atoms with Gasteiger partial charge in [-0.05, 0) is 18.4 Å². The van der Waals surface area contributed by atoms with E-state index in [0.29, 0.717) is 6.42 Å². The molecule has 0 aromatic rings. The Hall–Kier alpha value is -0.705. The molecule has 0 aromatic heterocycles. The van der Waals surface area contributed by atoms with E-state index in [1.54, 1.807) is 0 Å². The van der Waals surface area contributed by atoms with Gasteiger partial charge in [0.15, 0.2) is 7.28 Å². The monoisotopic (exact) mass is 183 g/mol. The van der Waals surface area contributed by atoms with E-state index in [2.05, 4.69) is 10.0 Å². The zero-order valence-corrected chi connectivity index (χ0v) is 7.76. The molecular formula is C7H14BN3O2. The van der Waals surface area contributed by atoms with Gasteiger partial charge >= 0.3 is 0 Å². The third-order valence-corrected chi connectivity index (χ3v) is 2.37. The van der Waals surface area contributed by atoms with Gasteiger partial charge in [-0.3, -0.25) is 0 Å². The minimum atomic E-state index is -0.0953. The van der Waals surface area contributed by atoms with Crippen LogP contribution in [-0.2, 0) is 4.74 Å². The van der Waals surface area contributed by atoms with Crippen LogP contribution >= 0.6 is 0 Å². The Kier molecular flexibility index (Phi) is 4.08. The second kappa shape index (κ2) is 5.12. The molecule has 0 saturated carbocycles. The van der Waals surface area contributed by atoms with Gasteiger partial charge in [-0.25, -0.2) is 0 Å². The molecule has 1 heterocycles. The van der Waals surface area contributed by atoms with Gasteiger partial charge in [0.2, 0.25) is 0 Å². The fourth-order valence-corrected chi connectivity index (χ4v) is 1.65. The van der Waals surface area contributed by atoms with E-state index in [0.717, 1.165) is 13.7 Å². The summed E-state index contributed by atoms with van der Waals surface area (Å²) in [5.74, 6) is 0. The van der Waals surface area contributed by atoms with Crippen LogP contribution in [0, 0.1) is 0 Å². The second-order valence-electron chi connectivity index (χ2n) is 3.23.